The third-order valence-electron chi connectivity index (χ3n) is 9.98. The van der Waals surface area contributed by atoms with Gasteiger partial charge in [-0.2, -0.15) is 0 Å². The number of benzene rings is 1. The highest BCUT2D eigenvalue weighted by molar-refractivity contribution is 6.00. The molecule has 298 valence electrons. The third-order valence-corrected chi connectivity index (χ3v) is 9.98. The Bertz CT molecular complexity index is 1790. The molecule has 2 bridgehead atoms. The highest BCUT2D eigenvalue weighted by Crippen LogP contribution is 2.34. The largest absolute Gasteiger partial charge is 0.486 e. The van der Waals surface area contributed by atoms with Gasteiger partial charge in [0.2, 0.25) is 17.7 Å². The molecule has 0 saturated carbocycles. The quantitative estimate of drug-likeness (QED) is 0.388. The van der Waals surface area contributed by atoms with Gasteiger partial charge in [-0.1, -0.05) is 50.8 Å². The molecule has 0 spiro atoms. The van der Waals surface area contributed by atoms with Crippen LogP contribution in [-0.4, -0.2) is 97.1 Å². The van der Waals surface area contributed by atoms with E-state index in [0.717, 1.165) is 54.0 Å². The van der Waals surface area contributed by atoms with Gasteiger partial charge >= 0.3 is 0 Å². The Kier molecular flexibility index (Phi) is 13.9. The number of likely N-dealkylation sites (N-methyl/N-ethyl adjacent to an activating group) is 1. The Morgan fingerprint density at radius 1 is 1.02 bits per heavy atom. The molecule has 3 aromatic rings. The van der Waals surface area contributed by atoms with E-state index in [4.69, 9.17) is 4.74 Å². The molecule has 2 aliphatic heterocycles. The van der Waals surface area contributed by atoms with Crippen molar-refractivity contribution in [3.05, 3.63) is 71.6 Å². The summed E-state index contributed by atoms with van der Waals surface area (Å²) in [5.74, 6) is -7.34. The van der Waals surface area contributed by atoms with Gasteiger partial charge in [0.05, 0.1) is 18.3 Å². The maximum Gasteiger partial charge on any atom is 0.267 e. The smallest absolute Gasteiger partial charge is 0.267 e. The summed E-state index contributed by atoms with van der Waals surface area (Å²) < 4.78 is 52.5. The highest BCUT2D eigenvalue weighted by atomic mass is 19.3. The summed E-state index contributed by atoms with van der Waals surface area (Å²) in [7, 11) is 1.38. The molecule has 16 heteroatoms. The molecule has 0 aliphatic carbocycles. The molecule has 2 aliphatic rings. The fraction of sp³-hybridized carbons (Fsp3) is 0.564. The average molecular weight is 769 g/mol. The molecule has 13 nitrogen and oxygen atoms in total. The van der Waals surface area contributed by atoms with E-state index in [-0.39, 0.29) is 42.7 Å². The molecule has 4 heterocycles. The van der Waals surface area contributed by atoms with Gasteiger partial charge in [-0.3, -0.25) is 28.8 Å². The van der Waals surface area contributed by atoms with E-state index in [1.807, 2.05) is 6.92 Å². The normalized spacial score (nSPS) is 23.8. The number of hydrogen-bond acceptors (Lipinski definition) is 8. The number of fused-ring (bicyclic) bond motifs is 4. The summed E-state index contributed by atoms with van der Waals surface area (Å²) in [5.41, 5.74) is 1.03. The first kappa shape index (κ1) is 41.1. The molecular formula is C39H51F3N8O5. The Labute approximate surface area is 319 Å². The summed E-state index contributed by atoms with van der Waals surface area (Å²) in [6, 6.07) is 2.52. The van der Waals surface area contributed by atoms with Gasteiger partial charge in [-0.05, 0) is 55.9 Å². The Hall–Kier alpha value is -5.02. The van der Waals surface area contributed by atoms with Crippen LogP contribution in [0.5, 0.6) is 5.75 Å². The molecule has 2 N–H and O–H groups in total. The van der Waals surface area contributed by atoms with E-state index >= 15 is 8.78 Å². The number of aryl methyl sites for hydroxylation is 1. The standard InChI is InChI=1S/C39H51F3N8O5/c1-25(2)17-31-37(53)50-24-39(41,42)20-33(50)38(54)48(4)32(18-27-12-10-15-43-21-27)36(52)44-26(3)11-8-6-5-7-9-16-49-22-29(46-47-49)23-55-34-19-28(40)13-14-30(34)35(51)45-31/h10,12-15,19,21-22,25-26,31-33H,5-9,11,16-18,20,23-24H2,1-4H3,(H,44,52)(H,45,51)/t26-,31-,32+,33-/m1/s1. The summed E-state index contributed by atoms with van der Waals surface area (Å²) in [6.07, 6.45) is 9.30. The predicted molar refractivity (Wildman–Crippen MR) is 196 cm³/mol. The van der Waals surface area contributed by atoms with Crippen molar-refractivity contribution in [2.45, 2.75) is 122 Å². The van der Waals surface area contributed by atoms with Crippen molar-refractivity contribution >= 4 is 23.6 Å². The van der Waals surface area contributed by atoms with E-state index in [1.165, 1.54) is 13.1 Å². The first-order valence-electron chi connectivity index (χ1n) is 19.0. The van der Waals surface area contributed by atoms with Crippen LogP contribution in [0.1, 0.15) is 93.8 Å². The summed E-state index contributed by atoms with van der Waals surface area (Å²) in [5, 5.41) is 13.9. The topological polar surface area (TPSA) is 152 Å². The molecule has 5 rings (SSSR count). The van der Waals surface area contributed by atoms with Crippen LogP contribution in [0.15, 0.2) is 48.9 Å². The molecule has 55 heavy (non-hydrogen) atoms. The number of pyridine rings is 1. The molecular weight excluding hydrogens is 717 g/mol. The van der Waals surface area contributed by atoms with E-state index < -0.39 is 66.5 Å². The Morgan fingerprint density at radius 2 is 1.78 bits per heavy atom. The second kappa shape index (κ2) is 18.5. The first-order chi connectivity index (χ1) is 26.2. The second-order valence-electron chi connectivity index (χ2n) is 15.1. The van der Waals surface area contributed by atoms with Gasteiger partial charge in [-0.25, -0.2) is 13.2 Å². The maximum absolute atomic E-state index is 15.3. The van der Waals surface area contributed by atoms with Crippen molar-refractivity contribution in [1.82, 2.24) is 40.4 Å². The van der Waals surface area contributed by atoms with Gasteiger partial charge in [-0.15, -0.1) is 5.10 Å². The Balaban J connectivity index is 1.46. The van der Waals surface area contributed by atoms with Gasteiger partial charge < -0.3 is 25.2 Å². The van der Waals surface area contributed by atoms with Crippen molar-refractivity contribution in [2.24, 2.45) is 5.92 Å². The fourth-order valence-electron chi connectivity index (χ4n) is 7.07. The molecule has 1 fully saturated rings. The number of carbonyl (C=O) groups is 4. The van der Waals surface area contributed by atoms with Crippen molar-refractivity contribution in [3.63, 3.8) is 0 Å². The van der Waals surface area contributed by atoms with Crippen LogP contribution in [-0.2, 0) is 34.0 Å². The lowest BCUT2D eigenvalue weighted by atomic mass is 10.0. The lowest BCUT2D eigenvalue weighted by molar-refractivity contribution is -0.147. The molecule has 0 radical (unpaired) electrons. The van der Waals surface area contributed by atoms with Crippen molar-refractivity contribution in [2.75, 3.05) is 13.6 Å². The second-order valence-corrected chi connectivity index (χ2v) is 15.1. The fourth-order valence-corrected chi connectivity index (χ4v) is 7.07. The SMILES string of the molecule is CC(C)C[C@H]1NC(=O)c2ccc(F)cc2OCc2cn(nn2)CCCCCCC[C@@H](C)NC(=O)[C@H](Cc2cccnc2)N(C)C(=O)[C@H]2CC(F)(F)CN2C1=O. The number of halogens is 3. The van der Waals surface area contributed by atoms with Gasteiger partial charge in [0.1, 0.15) is 42.0 Å². The molecule has 2 aromatic heterocycles. The highest BCUT2D eigenvalue weighted by Gasteiger charge is 2.52. The van der Waals surface area contributed by atoms with E-state index in [2.05, 4.69) is 25.9 Å². The molecule has 4 amide bonds. The lowest BCUT2D eigenvalue weighted by Crippen LogP contribution is -2.57. The van der Waals surface area contributed by atoms with Crippen LogP contribution < -0.4 is 15.4 Å². The number of nitrogens with zero attached hydrogens (tertiary/aromatic N) is 6. The number of alkyl halides is 2. The van der Waals surface area contributed by atoms with Crippen LogP contribution in [0.4, 0.5) is 13.2 Å². The van der Waals surface area contributed by atoms with Gasteiger partial charge in [0.25, 0.3) is 11.8 Å². The lowest BCUT2D eigenvalue weighted by Gasteiger charge is -2.34. The minimum Gasteiger partial charge on any atom is -0.486 e. The molecule has 1 saturated heterocycles. The van der Waals surface area contributed by atoms with Crippen LogP contribution >= 0.6 is 0 Å². The van der Waals surface area contributed by atoms with Crippen LogP contribution in [0.2, 0.25) is 0 Å². The number of nitrogens with one attached hydrogen (secondary N) is 2. The summed E-state index contributed by atoms with van der Waals surface area (Å²) >= 11 is 0. The number of aromatic nitrogens is 4. The van der Waals surface area contributed by atoms with Gasteiger partial charge in [0, 0.05) is 50.9 Å². The molecule has 0 unspecified atom stereocenters. The van der Waals surface area contributed by atoms with E-state index in [9.17, 15) is 23.6 Å². The minimum atomic E-state index is -3.42. The number of hydrogen-bond donors (Lipinski definition) is 2. The van der Waals surface area contributed by atoms with Crippen molar-refractivity contribution < 1.29 is 37.1 Å². The number of carbonyl (C=O) groups excluding carboxylic acids is 4. The zero-order valence-corrected chi connectivity index (χ0v) is 31.8. The zero-order valence-electron chi connectivity index (χ0n) is 31.8. The van der Waals surface area contributed by atoms with E-state index in [0.29, 0.717) is 24.2 Å². The predicted octanol–water partition coefficient (Wildman–Crippen LogP) is 4.70. The summed E-state index contributed by atoms with van der Waals surface area (Å²) in [4.78, 5) is 62.2. The molecule has 4 atom stereocenters. The van der Waals surface area contributed by atoms with Crippen molar-refractivity contribution in [1.29, 1.82) is 0 Å². The third kappa shape index (κ3) is 11.3. The number of ether oxygens (including phenoxy) is 1. The summed E-state index contributed by atoms with van der Waals surface area (Å²) in [6.45, 7) is 4.95. The first-order valence-corrected chi connectivity index (χ1v) is 19.0. The Morgan fingerprint density at radius 3 is 2.53 bits per heavy atom. The molecule has 1 aromatic carbocycles. The van der Waals surface area contributed by atoms with Crippen LogP contribution in [0.3, 0.4) is 0 Å². The number of amides is 4. The van der Waals surface area contributed by atoms with Crippen LogP contribution in [0, 0.1) is 11.7 Å². The van der Waals surface area contributed by atoms with Gasteiger partial charge in [0.15, 0.2) is 0 Å². The van der Waals surface area contributed by atoms with Crippen LogP contribution in [0.25, 0.3) is 0 Å². The number of rotatable bonds is 4. The zero-order chi connectivity index (χ0) is 39.7. The average Bonchev–Trinajstić information content (AvgIpc) is 3.74. The maximum atomic E-state index is 15.3. The monoisotopic (exact) mass is 768 g/mol. The minimum absolute atomic E-state index is 0.0494. The van der Waals surface area contributed by atoms with E-state index in [1.54, 1.807) is 49.3 Å². The van der Waals surface area contributed by atoms with Crippen molar-refractivity contribution in [3.8, 4) is 5.75 Å².